The summed E-state index contributed by atoms with van der Waals surface area (Å²) < 4.78 is 43.0. The Morgan fingerprint density at radius 2 is 1.89 bits per heavy atom. The average molecular weight is 376 g/mol. The van der Waals surface area contributed by atoms with E-state index < -0.39 is 12.4 Å². The van der Waals surface area contributed by atoms with Gasteiger partial charge in [0.2, 0.25) is 0 Å². The number of nitrogens with one attached hydrogen (secondary N) is 1. The molecule has 0 aliphatic heterocycles. The Morgan fingerprint density at radius 1 is 1.15 bits per heavy atom. The van der Waals surface area contributed by atoms with Crippen LogP contribution in [-0.2, 0) is 7.05 Å². The predicted octanol–water partition coefficient (Wildman–Crippen LogP) is 4.88. The molecule has 1 atom stereocenters. The molecule has 0 spiro atoms. The van der Waals surface area contributed by atoms with E-state index in [0.717, 1.165) is 16.6 Å². The molecule has 3 aromatic rings. The van der Waals surface area contributed by atoms with Crippen LogP contribution in [0.2, 0.25) is 0 Å². The van der Waals surface area contributed by atoms with Crippen LogP contribution in [0.5, 0.6) is 5.75 Å². The Morgan fingerprint density at radius 3 is 2.59 bits per heavy atom. The second kappa shape index (κ2) is 6.98. The van der Waals surface area contributed by atoms with E-state index in [-0.39, 0.29) is 11.7 Å². The van der Waals surface area contributed by atoms with Crippen molar-refractivity contribution < 1.29 is 22.7 Å². The lowest BCUT2D eigenvalue weighted by atomic mass is 10.1. The van der Waals surface area contributed by atoms with Crippen molar-refractivity contribution in [3.8, 4) is 5.75 Å². The first-order valence-electron chi connectivity index (χ1n) is 8.37. The fourth-order valence-electron chi connectivity index (χ4n) is 2.95. The van der Waals surface area contributed by atoms with Crippen LogP contribution in [0.25, 0.3) is 10.9 Å². The molecule has 0 aliphatic rings. The topological polar surface area (TPSA) is 43.3 Å². The summed E-state index contributed by atoms with van der Waals surface area (Å²) in [6.07, 6.45) is -4.76. The van der Waals surface area contributed by atoms with Gasteiger partial charge < -0.3 is 14.6 Å². The van der Waals surface area contributed by atoms with Crippen molar-refractivity contribution >= 4 is 16.8 Å². The van der Waals surface area contributed by atoms with Crippen LogP contribution in [0.1, 0.15) is 34.6 Å². The lowest BCUT2D eigenvalue weighted by molar-refractivity contribution is -0.274. The number of ether oxygens (including phenoxy) is 1. The number of aromatic nitrogens is 1. The SMILES string of the molecule is Cc1cc2ccc(C(=O)N[C@@H](C)c3cccc(OC(F)(F)F)c3)cc2n1C. The molecule has 0 fully saturated rings. The third-order valence-corrected chi connectivity index (χ3v) is 4.49. The second-order valence-electron chi connectivity index (χ2n) is 6.43. The summed E-state index contributed by atoms with van der Waals surface area (Å²) in [5, 5.41) is 3.85. The van der Waals surface area contributed by atoms with Crippen LogP contribution >= 0.6 is 0 Å². The van der Waals surface area contributed by atoms with Gasteiger partial charge in [-0.15, -0.1) is 13.2 Å². The van der Waals surface area contributed by atoms with Gasteiger partial charge in [-0.25, -0.2) is 0 Å². The van der Waals surface area contributed by atoms with Gasteiger partial charge in [-0.3, -0.25) is 4.79 Å². The minimum Gasteiger partial charge on any atom is -0.406 e. The number of halogens is 3. The van der Waals surface area contributed by atoms with Crippen LogP contribution in [0.3, 0.4) is 0 Å². The third kappa shape index (κ3) is 4.24. The van der Waals surface area contributed by atoms with E-state index in [1.54, 1.807) is 25.1 Å². The molecule has 27 heavy (non-hydrogen) atoms. The molecule has 0 saturated heterocycles. The molecule has 142 valence electrons. The zero-order chi connectivity index (χ0) is 19.8. The normalized spacial score (nSPS) is 12.8. The maximum Gasteiger partial charge on any atom is 0.573 e. The Balaban J connectivity index is 1.78. The van der Waals surface area contributed by atoms with Crippen molar-refractivity contribution in [2.45, 2.75) is 26.3 Å². The Kier molecular flexibility index (Phi) is 4.87. The van der Waals surface area contributed by atoms with Gasteiger partial charge in [0.15, 0.2) is 0 Å². The van der Waals surface area contributed by atoms with Gasteiger partial charge in [0.25, 0.3) is 5.91 Å². The first kappa shape index (κ1) is 18.8. The smallest absolute Gasteiger partial charge is 0.406 e. The van der Waals surface area contributed by atoms with Gasteiger partial charge in [0, 0.05) is 23.8 Å². The molecule has 7 heteroatoms. The number of aryl methyl sites for hydroxylation is 2. The number of fused-ring (bicyclic) bond motifs is 1. The number of alkyl halides is 3. The molecule has 1 N–H and O–H groups in total. The summed E-state index contributed by atoms with van der Waals surface area (Å²) in [5.41, 5.74) is 3.02. The summed E-state index contributed by atoms with van der Waals surface area (Å²) in [4.78, 5) is 12.6. The van der Waals surface area contributed by atoms with Crippen LogP contribution in [0.4, 0.5) is 13.2 Å². The minimum atomic E-state index is -4.76. The van der Waals surface area contributed by atoms with Crippen molar-refractivity contribution in [3.63, 3.8) is 0 Å². The number of amides is 1. The number of nitrogens with zero attached hydrogens (tertiary/aromatic N) is 1. The highest BCUT2D eigenvalue weighted by molar-refractivity contribution is 5.98. The van der Waals surface area contributed by atoms with Crippen molar-refractivity contribution in [1.82, 2.24) is 9.88 Å². The van der Waals surface area contributed by atoms with Gasteiger partial charge in [0.05, 0.1) is 6.04 Å². The van der Waals surface area contributed by atoms with E-state index in [0.29, 0.717) is 11.1 Å². The van der Waals surface area contributed by atoms with E-state index in [9.17, 15) is 18.0 Å². The van der Waals surface area contributed by atoms with Gasteiger partial charge in [-0.05, 0) is 55.1 Å². The first-order chi connectivity index (χ1) is 12.6. The zero-order valence-corrected chi connectivity index (χ0v) is 15.1. The maximum absolute atomic E-state index is 12.6. The van der Waals surface area contributed by atoms with E-state index in [1.165, 1.54) is 18.2 Å². The van der Waals surface area contributed by atoms with Crippen LogP contribution in [0.15, 0.2) is 48.5 Å². The molecule has 4 nitrogen and oxygen atoms in total. The van der Waals surface area contributed by atoms with E-state index >= 15 is 0 Å². The third-order valence-electron chi connectivity index (χ3n) is 4.49. The highest BCUT2D eigenvalue weighted by atomic mass is 19.4. The van der Waals surface area contributed by atoms with Crippen molar-refractivity contribution in [1.29, 1.82) is 0 Å². The van der Waals surface area contributed by atoms with E-state index in [4.69, 9.17) is 0 Å². The Hall–Kier alpha value is -2.96. The molecule has 0 saturated carbocycles. The molecule has 0 unspecified atom stereocenters. The fraction of sp³-hybridized carbons (Fsp3) is 0.250. The van der Waals surface area contributed by atoms with Crippen LogP contribution in [-0.4, -0.2) is 16.8 Å². The van der Waals surface area contributed by atoms with Crippen molar-refractivity contribution in [2.24, 2.45) is 7.05 Å². The van der Waals surface area contributed by atoms with Crippen molar-refractivity contribution in [2.75, 3.05) is 0 Å². The molecule has 0 aliphatic carbocycles. The maximum atomic E-state index is 12.6. The monoisotopic (exact) mass is 376 g/mol. The van der Waals surface area contributed by atoms with Gasteiger partial charge in [0.1, 0.15) is 5.75 Å². The van der Waals surface area contributed by atoms with Crippen molar-refractivity contribution in [3.05, 3.63) is 65.4 Å². The summed E-state index contributed by atoms with van der Waals surface area (Å²) in [7, 11) is 1.92. The quantitative estimate of drug-likeness (QED) is 0.706. The number of carbonyl (C=O) groups excluding carboxylic acids is 1. The summed E-state index contributed by atoms with van der Waals surface area (Å²) in [6.45, 7) is 3.69. The van der Waals surface area contributed by atoms with E-state index in [2.05, 4.69) is 10.1 Å². The zero-order valence-electron chi connectivity index (χ0n) is 15.1. The highest BCUT2D eigenvalue weighted by Gasteiger charge is 2.31. The van der Waals surface area contributed by atoms with Crippen LogP contribution < -0.4 is 10.1 Å². The number of carbonyl (C=O) groups is 1. The molecule has 0 radical (unpaired) electrons. The Bertz CT molecular complexity index is 993. The summed E-state index contributed by atoms with van der Waals surface area (Å²) >= 11 is 0. The standard InChI is InChI=1S/C20H19F3N2O2/c1-12-9-15-7-8-16(11-18(15)25(12)3)19(26)24-13(2)14-5-4-6-17(10-14)27-20(21,22)23/h4-11,13H,1-3H3,(H,24,26)/t13-/m0/s1. The summed E-state index contributed by atoms with van der Waals surface area (Å²) in [6, 6.07) is 12.5. The number of hydrogen-bond donors (Lipinski definition) is 1. The fourth-order valence-corrected chi connectivity index (χ4v) is 2.95. The average Bonchev–Trinajstić information content (AvgIpc) is 2.87. The molecule has 1 heterocycles. The number of benzene rings is 2. The van der Waals surface area contributed by atoms with Gasteiger partial charge >= 0.3 is 6.36 Å². The molecule has 3 rings (SSSR count). The molecule has 1 aromatic heterocycles. The minimum absolute atomic E-state index is 0.301. The van der Waals surface area contributed by atoms with Gasteiger partial charge in [-0.1, -0.05) is 18.2 Å². The summed E-state index contributed by atoms with van der Waals surface area (Å²) in [5.74, 6) is -0.618. The predicted molar refractivity (Wildman–Crippen MR) is 96.7 cm³/mol. The van der Waals surface area contributed by atoms with E-state index in [1.807, 2.05) is 30.7 Å². The molecule has 2 aromatic carbocycles. The first-order valence-corrected chi connectivity index (χ1v) is 8.37. The molecule has 1 amide bonds. The largest absolute Gasteiger partial charge is 0.573 e. The van der Waals surface area contributed by atoms with Gasteiger partial charge in [-0.2, -0.15) is 0 Å². The molecule has 0 bridgehead atoms. The lowest BCUT2D eigenvalue weighted by Gasteiger charge is -2.16. The second-order valence-corrected chi connectivity index (χ2v) is 6.43. The van der Waals surface area contributed by atoms with Crippen LogP contribution in [0, 0.1) is 6.92 Å². The Labute approximate surface area is 154 Å². The number of hydrogen-bond acceptors (Lipinski definition) is 2. The lowest BCUT2D eigenvalue weighted by Crippen LogP contribution is -2.26. The molecular formula is C20H19F3N2O2. The highest BCUT2D eigenvalue weighted by Crippen LogP contribution is 2.26. The molecular weight excluding hydrogens is 357 g/mol. The number of rotatable bonds is 4.